The summed E-state index contributed by atoms with van der Waals surface area (Å²) in [6.07, 6.45) is -5.60. The van der Waals surface area contributed by atoms with Gasteiger partial charge in [0.2, 0.25) is 11.6 Å². The summed E-state index contributed by atoms with van der Waals surface area (Å²) in [6.45, 7) is -0.530. The van der Waals surface area contributed by atoms with Gasteiger partial charge in [0.05, 0.1) is 17.7 Å². The number of alkyl halides is 3. The van der Waals surface area contributed by atoms with Gasteiger partial charge < -0.3 is 9.80 Å². The Morgan fingerprint density at radius 3 is 2.41 bits per heavy atom. The minimum Gasteiger partial charge on any atom is -0.342 e. The summed E-state index contributed by atoms with van der Waals surface area (Å²) < 4.78 is 38.4. The maximum atomic E-state index is 13.7. The number of carbonyl (C=O) groups excluding carboxylic acids is 3. The van der Waals surface area contributed by atoms with Gasteiger partial charge in [-0.2, -0.15) is 13.2 Å². The van der Waals surface area contributed by atoms with Crippen molar-refractivity contribution in [1.82, 2.24) is 9.80 Å². The van der Waals surface area contributed by atoms with Crippen LogP contribution in [0.25, 0.3) is 0 Å². The van der Waals surface area contributed by atoms with Crippen LogP contribution in [0, 0.1) is 0 Å². The molecule has 1 unspecified atom stereocenters. The molecule has 0 radical (unpaired) electrons. The lowest BCUT2D eigenvalue weighted by Crippen LogP contribution is -2.70. The second-order valence-electron chi connectivity index (χ2n) is 8.03. The van der Waals surface area contributed by atoms with Gasteiger partial charge in [-0.15, -0.1) is 0 Å². The van der Waals surface area contributed by atoms with E-state index in [2.05, 4.69) is 0 Å². The molecule has 9 heteroatoms. The molecule has 0 spiro atoms. The SMILES string of the molecule is CN(CCC(F)(F)F)C(=O)C12CCC(=O)N1c1ccccc1C(=O)N2Cc1ccccc1. The minimum atomic E-state index is -4.43. The van der Waals surface area contributed by atoms with E-state index in [9.17, 15) is 27.6 Å². The predicted octanol–water partition coefficient (Wildman–Crippen LogP) is 3.58. The molecule has 1 saturated heterocycles. The van der Waals surface area contributed by atoms with E-state index >= 15 is 0 Å². The van der Waals surface area contributed by atoms with Gasteiger partial charge in [0.1, 0.15) is 0 Å². The van der Waals surface area contributed by atoms with E-state index in [-0.39, 0.29) is 30.9 Å². The van der Waals surface area contributed by atoms with Crippen molar-refractivity contribution in [1.29, 1.82) is 0 Å². The Labute approximate surface area is 183 Å². The maximum absolute atomic E-state index is 13.7. The molecule has 2 aromatic carbocycles. The van der Waals surface area contributed by atoms with E-state index in [0.29, 0.717) is 5.69 Å². The zero-order chi connectivity index (χ0) is 23.1. The van der Waals surface area contributed by atoms with Crippen LogP contribution in [-0.2, 0) is 16.1 Å². The summed E-state index contributed by atoms with van der Waals surface area (Å²) in [6, 6.07) is 15.5. The number of likely N-dealkylation sites (N-methyl/N-ethyl adjacent to an activating group) is 1. The predicted molar refractivity (Wildman–Crippen MR) is 111 cm³/mol. The highest BCUT2D eigenvalue weighted by atomic mass is 19.4. The summed E-state index contributed by atoms with van der Waals surface area (Å²) in [5.41, 5.74) is -0.384. The van der Waals surface area contributed by atoms with E-state index in [1.165, 1.54) is 16.8 Å². The van der Waals surface area contributed by atoms with Gasteiger partial charge in [-0.25, -0.2) is 0 Å². The van der Waals surface area contributed by atoms with Crippen molar-refractivity contribution < 1.29 is 27.6 Å². The van der Waals surface area contributed by atoms with Crippen molar-refractivity contribution in [2.75, 3.05) is 18.5 Å². The molecule has 2 aliphatic rings. The molecule has 2 aromatic rings. The van der Waals surface area contributed by atoms with Crippen molar-refractivity contribution in [3.05, 3.63) is 65.7 Å². The van der Waals surface area contributed by atoms with Gasteiger partial charge >= 0.3 is 6.18 Å². The average Bonchev–Trinajstić information content (AvgIpc) is 3.13. The number of halogens is 3. The normalized spacial score (nSPS) is 20.2. The highest BCUT2D eigenvalue weighted by Gasteiger charge is 2.61. The molecular weight excluding hydrogens is 423 g/mol. The van der Waals surface area contributed by atoms with Crippen LogP contribution >= 0.6 is 0 Å². The fourth-order valence-electron chi connectivity index (χ4n) is 4.45. The highest BCUT2D eigenvalue weighted by molar-refractivity contribution is 6.16. The number of anilines is 1. The first-order chi connectivity index (χ1) is 15.1. The smallest absolute Gasteiger partial charge is 0.342 e. The third-order valence-electron chi connectivity index (χ3n) is 5.98. The van der Waals surface area contributed by atoms with Gasteiger partial charge in [0.25, 0.3) is 11.8 Å². The van der Waals surface area contributed by atoms with Crippen molar-refractivity contribution in [3.63, 3.8) is 0 Å². The largest absolute Gasteiger partial charge is 0.390 e. The maximum Gasteiger partial charge on any atom is 0.390 e. The molecule has 6 nitrogen and oxygen atoms in total. The van der Waals surface area contributed by atoms with Crippen molar-refractivity contribution in [3.8, 4) is 0 Å². The molecule has 3 amide bonds. The van der Waals surface area contributed by atoms with Crippen LogP contribution in [0.5, 0.6) is 0 Å². The number of hydrogen-bond donors (Lipinski definition) is 0. The number of benzene rings is 2. The number of hydrogen-bond acceptors (Lipinski definition) is 3. The highest BCUT2D eigenvalue weighted by Crippen LogP contribution is 2.46. The molecule has 2 heterocycles. The monoisotopic (exact) mass is 445 g/mol. The first-order valence-corrected chi connectivity index (χ1v) is 10.3. The number of nitrogens with zero attached hydrogens (tertiary/aromatic N) is 3. The van der Waals surface area contributed by atoms with Crippen LogP contribution in [0.1, 0.15) is 35.2 Å². The summed E-state index contributed by atoms with van der Waals surface area (Å²) >= 11 is 0. The fourth-order valence-corrected chi connectivity index (χ4v) is 4.45. The second-order valence-corrected chi connectivity index (χ2v) is 8.03. The van der Waals surface area contributed by atoms with Crippen molar-refractivity contribution in [2.24, 2.45) is 0 Å². The first kappa shape index (κ1) is 21.9. The molecule has 0 aromatic heterocycles. The quantitative estimate of drug-likeness (QED) is 0.707. The molecule has 1 atom stereocenters. The molecule has 0 aliphatic carbocycles. The Kier molecular flexibility index (Phi) is 5.44. The standard InChI is InChI=1S/C23H22F3N3O3/c1-27(14-13-23(24,25)26)21(32)22-12-11-19(30)29(22)18-10-6-5-9-17(18)20(31)28(22)15-16-7-3-2-4-8-16/h2-10H,11-15H2,1H3. The van der Waals surface area contributed by atoms with Crippen LogP contribution < -0.4 is 4.90 Å². The number of para-hydroxylation sites is 1. The van der Waals surface area contributed by atoms with Crippen molar-refractivity contribution in [2.45, 2.75) is 37.6 Å². The summed E-state index contributed by atoms with van der Waals surface area (Å²) in [4.78, 5) is 43.8. The topological polar surface area (TPSA) is 60.9 Å². The van der Waals surface area contributed by atoms with E-state index < -0.39 is 36.6 Å². The summed E-state index contributed by atoms with van der Waals surface area (Å²) in [5, 5.41) is 0. The molecule has 0 bridgehead atoms. The molecule has 4 rings (SSSR count). The van der Waals surface area contributed by atoms with Crippen molar-refractivity contribution >= 4 is 23.4 Å². The van der Waals surface area contributed by atoms with Gasteiger partial charge in [0.15, 0.2) is 0 Å². The first-order valence-electron chi connectivity index (χ1n) is 10.3. The van der Waals surface area contributed by atoms with Gasteiger partial charge in [-0.3, -0.25) is 19.3 Å². The van der Waals surface area contributed by atoms with Crippen LogP contribution in [0.15, 0.2) is 54.6 Å². The third kappa shape index (κ3) is 3.61. The second kappa shape index (κ2) is 7.96. The molecular formula is C23H22F3N3O3. The van der Waals surface area contributed by atoms with Crippen LogP contribution in [0.2, 0.25) is 0 Å². The lowest BCUT2D eigenvalue weighted by Gasteiger charge is -2.50. The van der Waals surface area contributed by atoms with Gasteiger partial charge in [-0.05, 0) is 17.7 Å². The fraction of sp³-hybridized carbons (Fsp3) is 0.348. The lowest BCUT2D eigenvalue weighted by atomic mass is 9.94. The Bertz CT molecular complexity index is 1060. The average molecular weight is 445 g/mol. The van der Waals surface area contributed by atoms with E-state index in [1.807, 2.05) is 6.07 Å². The Morgan fingerprint density at radius 1 is 1.06 bits per heavy atom. The van der Waals surface area contributed by atoms with Gasteiger partial charge in [-0.1, -0.05) is 42.5 Å². The Hall–Kier alpha value is -3.36. The molecule has 168 valence electrons. The molecule has 32 heavy (non-hydrogen) atoms. The van der Waals surface area contributed by atoms with E-state index in [1.54, 1.807) is 48.5 Å². The molecule has 1 fully saturated rings. The van der Waals surface area contributed by atoms with E-state index in [4.69, 9.17) is 0 Å². The number of carbonyl (C=O) groups is 3. The zero-order valence-corrected chi connectivity index (χ0v) is 17.4. The lowest BCUT2D eigenvalue weighted by molar-refractivity contribution is -0.151. The number of amides is 3. The number of rotatable bonds is 5. The van der Waals surface area contributed by atoms with E-state index in [0.717, 1.165) is 10.5 Å². The summed E-state index contributed by atoms with van der Waals surface area (Å²) in [5.74, 6) is -1.49. The van der Waals surface area contributed by atoms with Crippen LogP contribution in [0.3, 0.4) is 0 Å². The van der Waals surface area contributed by atoms with Crippen LogP contribution in [-0.4, -0.2) is 53.0 Å². The zero-order valence-electron chi connectivity index (χ0n) is 17.4. The Balaban J connectivity index is 1.82. The van der Waals surface area contributed by atoms with Crippen LogP contribution in [0.4, 0.5) is 18.9 Å². The minimum absolute atomic E-state index is 0.00571. The van der Waals surface area contributed by atoms with Gasteiger partial charge in [0, 0.05) is 33.0 Å². The Morgan fingerprint density at radius 2 is 1.72 bits per heavy atom. The molecule has 0 N–H and O–H groups in total. The summed E-state index contributed by atoms with van der Waals surface area (Å²) in [7, 11) is 1.27. The molecule has 2 aliphatic heterocycles. The third-order valence-corrected chi connectivity index (χ3v) is 5.98. The number of fused-ring (bicyclic) bond motifs is 3. The molecule has 0 saturated carbocycles.